The fourth-order valence-electron chi connectivity index (χ4n) is 5.92. The summed E-state index contributed by atoms with van der Waals surface area (Å²) in [4.78, 5) is 35.0. The van der Waals surface area contributed by atoms with Crippen molar-refractivity contribution in [1.82, 2.24) is 0 Å². The lowest BCUT2D eigenvalue weighted by atomic mass is 10.0. The van der Waals surface area contributed by atoms with E-state index < -0.39 is 51.8 Å². The number of carbonyl (C=O) groups excluding carboxylic acids is 2. The highest BCUT2D eigenvalue weighted by Crippen LogP contribution is 2.43. The molecule has 0 aromatic rings. The molecule has 3 unspecified atom stereocenters. The molecule has 0 saturated carbocycles. The summed E-state index contributed by atoms with van der Waals surface area (Å²) in [5.41, 5.74) is 0. The molecule has 0 bridgehead atoms. The molecule has 3 N–H and O–H groups in total. The maximum absolute atomic E-state index is 12.6. The highest BCUT2D eigenvalue weighted by molar-refractivity contribution is 7.47. The van der Waals surface area contributed by atoms with Crippen LogP contribution < -0.4 is 0 Å². The summed E-state index contributed by atoms with van der Waals surface area (Å²) in [5.74, 6) is -0.201. The number of epoxide rings is 1. The second-order valence-electron chi connectivity index (χ2n) is 15.2. The van der Waals surface area contributed by atoms with Crippen LogP contribution in [0.4, 0.5) is 0 Å². The normalized spacial score (nSPS) is 18.0. The number of hydrogen-bond donors (Lipinski definition) is 3. The van der Waals surface area contributed by atoms with E-state index >= 15 is 0 Å². The molecule has 0 radical (unpaired) electrons. The molecule has 1 saturated heterocycles. The van der Waals surface area contributed by atoms with E-state index in [0.29, 0.717) is 19.3 Å². The zero-order valence-corrected chi connectivity index (χ0v) is 35.4. The molecular weight excluding hydrogens is 723 g/mol. The fourth-order valence-corrected chi connectivity index (χ4v) is 6.71. The van der Waals surface area contributed by atoms with E-state index in [1.807, 2.05) is 6.08 Å². The Kier molecular flexibility index (Phi) is 31.8. The van der Waals surface area contributed by atoms with Crippen molar-refractivity contribution in [2.45, 2.75) is 193 Å². The third kappa shape index (κ3) is 32.9. The van der Waals surface area contributed by atoms with E-state index in [-0.39, 0.29) is 31.7 Å². The smallest absolute Gasteiger partial charge is 0.462 e. The molecule has 1 fully saturated rings. The first kappa shape index (κ1) is 51.2. The lowest BCUT2D eigenvalue weighted by Crippen LogP contribution is -2.29. The van der Waals surface area contributed by atoms with Crippen LogP contribution in [0.5, 0.6) is 0 Å². The van der Waals surface area contributed by atoms with Gasteiger partial charge in [-0.05, 0) is 57.3 Å². The number of aliphatic hydroxyl groups is 2. The van der Waals surface area contributed by atoms with Gasteiger partial charge in [-0.2, -0.15) is 0 Å². The predicted molar refractivity (Wildman–Crippen MR) is 218 cm³/mol. The van der Waals surface area contributed by atoms with Gasteiger partial charge in [-0.25, -0.2) is 4.57 Å². The van der Waals surface area contributed by atoms with Gasteiger partial charge in [0.15, 0.2) is 6.10 Å². The van der Waals surface area contributed by atoms with Crippen molar-refractivity contribution >= 4 is 19.8 Å². The topological polar surface area (TPSA) is 161 Å². The second kappa shape index (κ2) is 34.2. The molecular formula is C43H77O11P. The van der Waals surface area contributed by atoms with Gasteiger partial charge in [0.1, 0.15) is 12.7 Å². The number of phosphoric ester groups is 1. The standard InChI is InChI=1S/C43H77O11P/c1-4-5-6-7-8-12-16-19-24-29-40-41(54-40)30-25-21-22-27-32-43(47)53-39(36-52-55(48,49)51-34-38(45)33-44)35-50-42(46)31-26-20-17-14-11-9-10-13-15-18-23-28-37(2)3/h8,12,19,21,24-25,37-41,44-45H,4-7,9-11,13-18,20,22-23,26-36H2,1-3H3,(H,48,49)/b12-8-,24-19-,25-21-/t38-,39+,40?,41?/m0/s1. The Labute approximate surface area is 333 Å². The first-order valence-corrected chi connectivity index (χ1v) is 22.9. The Balaban J connectivity index is 2.31. The van der Waals surface area contributed by atoms with E-state index in [9.17, 15) is 24.2 Å². The highest BCUT2D eigenvalue weighted by Gasteiger charge is 2.36. The second-order valence-corrected chi connectivity index (χ2v) is 16.7. The van der Waals surface area contributed by atoms with Gasteiger partial charge in [-0.1, -0.05) is 141 Å². The third-order valence-corrected chi connectivity index (χ3v) is 10.3. The summed E-state index contributed by atoms with van der Waals surface area (Å²) < 4.78 is 38.4. The van der Waals surface area contributed by atoms with Crippen LogP contribution in [-0.2, 0) is 37.4 Å². The molecule has 5 atom stereocenters. The summed E-state index contributed by atoms with van der Waals surface area (Å²) >= 11 is 0. The van der Waals surface area contributed by atoms with Gasteiger partial charge < -0.3 is 29.3 Å². The average molecular weight is 801 g/mol. The quantitative estimate of drug-likeness (QED) is 0.0179. The molecule has 1 heterocycles. The zero-order valence-electron chi connectivity index (χ0n) is 34.5. The molecule has 1 aliphatic heterocycles. The summed E-state index contributed by atoms with van der Waals surface area (Å²) in [6.45, 7) is 4.58. The molecule has 0 aliphatic carbocycles. The first-order chi connectivity index (χ1) is 26.6. The Hall–Kier alpha value is -1.85. The van der Waals surface area contributed by atoms with Crippen LogP contribution >= 0.6 is 7.82 Å². The van der Waals surface area contributed by atoms with Crippen molar-refractivity contribution in [3.8, 4) is 0 Å². The minimum atomic E-state index is -4.64. The number of allylic oxidation sites excluding steroid dienone is 4. The SMILES string of the molecule is CCCCC/C=C\C/C=C\CC1OC1C/C=C\CCCC(=O)O[C@H](COC(=O)CCCCCCCCCCCCCC(C)C)COP(=O)(O)OC[C@@H](O)CO. The van der Waals surface area contributed by atoms with Crippen LogP contribution in [0.15, 0.2) is 36.5 Å². The molecule has 0 aromatic heterocycles. The molecule has 320 valence electrons. The number of ether oxygens (including phenoxy) is 3. The maximum Gasteiger partial charge on any atom is 0.472 e. The van der Waals surface area contributed by atoms with Crippen molar-refractivity contribution in [1.29, 1.82) is 0 Å². The summed E-state index contributed by atoms with van der Waals surface area (Å²) in [6.07, 6.45) is 34.3. The number of hydrogen-bond acceptors (Lipinski definition) is 10. The minimum Gasteiger partial charge on any atom is -0.462 e. The lowest BCUT2D eigenvalue weighted by Gasteiger charge is -2.20. The predicted octanol–water partition coefficient (Wildman–Crippen LogP) is 10.0. The van der Waals surface area contributed by atoms with Crippen molar-refractivity contribution in [2.24, 2.45) is 5.92 Å². The monoisotopic (exact) mass is 801 g/mol. The number of aliphatic hydroxyl groups excluding tert-OH is 2. The van der Waals surface area contributed by atoms with E-state index in [1.165, 1.54) is 70.6 Å². The van der Waals surface area contributed by atoms with E-state index in [1.54, 1.807) is 0 Å². The number of esters is 2. The Bertz CT molecular complexity index is 1090. The van der Waals surface area contributed by atoms with E-state index in [0.717, 1.165) is 50.9 Å². The third-order valence-electron chi connectivity index (χ3n) is 9.38. The van der Waals surface area contributed by atoms with E-state index in [2.05, 4.69) is 55.7 Å². The number of carbonyl (C=O) groups is 2. The zero-order chi connectivity index (χ0) is 40.4. The Morgan fingerprint density at radius 3 is 1.87 bits per heavy atom. The molecule has 55 heavy (non-hydrogen) atoms. The number of rotatable bonds is 38. The number of phosphoric acid groups is 1. The van der Waals surface area contributed by atoms with Crippen molar-refractivity contribution in [3.05, 3.63) is 36.5 Å². The van der Waals surface area contributed by atoms with Gasteiger partial charge >= 0.3 is 19.8 Å². The molecule has 12 heteroatoms. The van der Waals surface area contributed by atoms with Crippen molar-refractivity contribution in [3.63, 3.8) is 0 Å². The summed E-state index contributed by atoms with van der Waals surface area (Å²) in [7, 11) is -4.64. The lowest BCUT2D eigenvalue weighted by molar-refractivity contribution is -0.161. The van der Waals surface area contributed by atoms with Crippen LogP contribution in [0, 0.1) is 5.92 Å². The molecule has 0 spiro atoms. The average Bonchev–Trinajstić information content (AvgIpc) is 3.91. The largest absolute Gasteiger partial charge is 0.472 e. The molecule has 0 aromatic carbocycles. The summed E-state index contributed by atoms with van der Waals surface area (Å²) in [5, 5.41) is 18.3. The van der Waals surface area contributed by atoms with Gasteiger partial charge in [0.2, 0.25) is 0 Å². The first-order valence-electron chi connectivity index (χ1n) is 21.4. The van der Waals surface area contributed by atoms with Gasteiger partial charge in [0, 0.05) is 12.8 Å². The van der Waals surface area contributed by atoms with Crippen LogP contribution in [0.3, 0.4) is 0 Å². The van der Waals surface area contributed by atoms with Gasteiger partial charge in [0.05, 0.1) is 32.0 Å². The number of unbranched alkanes of at least 4 members (excludes halogenated alkanes) is 14. The van der Waals surface area contributed by atoms with Gasteiger partial charge in [-0.3, -0.25) is 18.6 Å². The Morgan fingerprint density at radius 2 is 1.24 bits per heavy atom. The van der Waals surface area contributed by atoms with Crippen LogP contribution in [-0.4, -0.2) is 77.9 Å². The van der Waals surface area contributed by atoms with Gasteiger partial charge in [-0.15, -0.1) is 0 Å². The van der Waals surface area contributed by atoms with Crippen molar-refractivity contribution in [2.75, 3.05) is 26.4 Å². The van der Waals surface area contributed by atoms with Crippen LogP contribution in [0.2, 0.25) is 0 Å². The van der Waals surface area contributed by atoms with E-state index in [4.69, 9.17) is 23.8 Å². The van der Waals surface area contributed by atoms with Crippen LogP contribution in [0.1, 0.15) is 168 Å². The molecule has 1 rings (SSSR count). The van der Waals surface area contributed by atoms with Gasteiger partial charge in [0.25, 0.3) is 0 Å². The van der Waals surface area contributed by atoms with Crippen LogP contribution in [0.25, 0.3) is 0 Å². The van der Waals surface area contributed by atoms with Crippen molar-refractivity contribution < 1.29 is 52.5 Å². The molecule has 11 nitrogen and oxygen atoms in total. The minimum absolute atomic E-state index is 0.101. The summed E-state index contributed by atoms with van der Waals surface area (Å²) in [6, 6.07) is 0. The highest BCUT2D eigenvalue weighted by atomic mass is 31.2. The molecule has 0 amide bonds. The fraction of sp³-hybridized carbons (Fsp3) is 0.814. The Morgan fingerprint density at radius 1 is 0.691 bits per heavy atom. The molecule has 1 aliphatic rings. The maximum atomic E-state index is 12.6.